The molecule has 0 aliphatic carbocycles. The zero-order valence-electron chi connectivity index (χ0n) is 7.52. The lowest BCUT2D eigenvalue weighted by Crippen LogP contribution is -2.07. The predicted octanol–water partition coefficient (Wildman–Crippen LogP) is 3.27. The van der Waals surface area contributed by atoms with Crippen LogP contribution in [0.2, 0.25) is 5.02 Å². The third-order valence-electron chi connectivity index (χ3n) is 1.76. The average Bonchev–Trinajstić information content (AvgIpc) is 2.06. The second kappa shape index (κ2) is 3.73. The highest BCUT2D eigenvalue weighted by atomic mass is 35.5. The fourth-order valence-electron chi connectivity index (χ4n) is 1.08. The number of aromatic hydroxyl groups is 1. The van der Waals surface area contributed by atoms with Gasteiger partial charge in [0.15, 0.2) is 5.78 Å². The van der Waals surface area contributed by atoms with E-state index < -0.39 is 28.8 Å². The number of alkyl halides is 3. The number of phenolic OH excluding ortho intramolecular Hbond substituents is 1. The minimum Gasteiger partial charge on any atom is -0.507 e. The summed E-state index contributed by atoms with van der Waals surface area (Å²) in [5.41, 5.74) is -1.74. The van der Waals surface area contributed by atoms with Crippen molar-refractivity contribution in [2.75, 3.05) is 0 Å². The van der Waals surface area contributed by atoms with Crippen molar-refractivity contribution in [2.45, 2.75) is 13.1 Å². The Morgan fingerprint density at radius 2 is 1.93 bits per heavy atom. The molecule has 0 amide bonds. The molecule has 0 heterocycles. The molecule has 0 aliphatic rings. The first-order valence-electron chi connectivity index (χ1n) is 3.84. The van der Waals surface area contributed by atoms with Gasteiger partial charge in [0.05, 0.1) is 11.1 Å². The van der Waals surface area contributed by atoms with Gasteiger partial charge in [0.25, 0.3) is 0 Å². The van der Waals surface area contributed by atoms with Crippen LogP contribution >= 0.6 is 11.6 Å². The monoisotopic (exact) mass is 238 g/mol. The highest BCUT2D eigenvalue weighted by molar-refractivity contribution is 6.31. The third kappa shape index (κ3) is 2.41. The van der Waals surface area contributed by atoms with Crippen LogP contribution in [0.4, 0.5) is 13.2 Å². The largest absolute Gasteiger partial charge is 0.507 e. The SMILES string of the molecule is CC(=O)c1cc(Cl)cc(C(F)(F)F)c1O. The van der Waals surface area contributed by atoms with Crippen molar-refractivity contribution in [1.82, 2.24) is 0 Å². The summed E-state index contributed by atoms with van der Waals surface area (Å²) in [7, 11) is 0. The Hall–Kier alpha value is -1.23. The van der Waals surface area contributed by atoms with Crippen LogP contribution in [-0.2, 0) is 6.18 Å². The van der Waals surface area contributed by atoms with Crippen molar-refractivity contribution >= 4 is 17.4 Å². The molecule has 15 heavy (non-hydrogen) atoms. The molecule has 0 aliphatic heterocycles. The lowest BCUT2D eigenvalue weighted by atomic mass is 10.1. The highest BCUT2D eigenvalue weighted by Crippen LogP contribution is 2.39. The maximum Gasteiger partial charge on any atom is 0.420 e. The molecule has 0 saturated heterocycles. The van der Waals surface area contributed by atoms with Gasteiger partial charge in [-0.2, -0.15) is 13.2 Å². The van der Waals surface area contributed by atoms with Crippen molar-refractivity contribution in [3.8, 4) is 5.75 Å². The molecule has 1 aromatic carbocycles. The molecule has 0 spiro atoms. The summed E-state index contributed by atoms with van der Waals surface area (Å²) in [4.78, 5) is 10.9. The first kappa shape index (κ1) is 11.8. The molecular weight excluding hydrogens is 233 g/mol. The van der Waals surface area contributed by atoms with Crippen LogP contribution in [0.5, 0.6) is 5.75 Å². The van der Waals surface area contributed by atoms with Gasteiger partial charge in [0, 0.05) is 5.02 Å². The Morgan fingerprint density at radius 3 is 2.33 bits per heavy atom. The van der Waals surface area contributed by atoms with Crippen molar-refractivity contribution in [3.05, 3.63) is 28.3 Å². The number of ketones is 1. The molecule has 2 nitrogen and oxygen atoms in total. The Kier molecular flexibility index (Phi) is 2.95. The summed E-state index contributed by atoms with van der Waals surface area (Å²) in [5, 5.41) is 8.97. The maximum absolute atomic E-state index is 12.3. The molecule has 0 atom stereocenters. The molecule has 6 heteroatoms. The van der Waals surface area contributed by atoms with Crippen molar-refractivity contribution < 1.29 is 23.1 Å². The number of halogens is 4. The van der Waals surface area contributed by atoms with Gasteiger partial charge in [-0.05, 0) is 19.1 Å². The van der Waals surface area contributed by atoms with Gasteiger partial charge in [0.2, 0.25) is 0 Å². The van der Waals surface area contributed by atoms with Gasteiger partial charge in [0.1, 0.15) is 5.75 Å². The van der Waals surface area contributed by atoms with E-state index >= 15 is 0 Å². The smallest absolute Gasteiger partial charge is 0.420 e. The Labute approximate surface area is 88.3 Å². The van der Waals surface area contributed by atoms with Crippen LogP contribution in [0, 0.1) is 0 Å². The number of phenols is 1. The van der Waals surface area contributed by atoms with Gasteiger partial charge < -0.3 is 5.11 Å². The van der Waals surface area contributed by atoms with E-state index in [0.29, 0.717) is 6.07 Å². The molecule has 0 saturated carbocycles. The van der Waals surface area contributed by atoms with Crippen molar-refractivity contribution in [1.29, 1.82) is 0 Å². The Balaban J connectivity index is 3.49. The van der Waals surface area contributed by atoms with Crippen molar-refractivity contribution in [3.63, 3.8) is 0 Å². The molecule has 0 aromatic heterocycles. The van der Waals surface area contributed by atoms with E-state index in [9.17, 15) is 23.1 Å². The molecule has 1 aromatic rings. The number of hydrogen-bond acceptors (Lipinski definition) is 2. The highest BCUT2D eigenvalue weighted by Gasteiger charge is 2.35. The summed E-state index contributed by atoms with van der Waals surface area (Å²) in [5.74, 6) is -1.76. The number of carbonyl (C=O) groups excluding carboxylic acids is 1. The van der Waals surface area contributed by atoms with E-state index in [1.807, 2.05) is 0 Å². The minimum absolute atomic E-state index is 0.245. The Morgan fingerprint density at radius 1 is 1.40 bits per heavy atom. The van der Waals surface area contributed by atoms with Crippen LogP contribution < -0.4 is 0 Å². The van der Waals surface area contributed by atoms with Gasteiger partial charge in [-0.25, -0.2) is 0 Å². The summed E-state index contributed by atoms with van der Waals surface area (Å²) < 4.78 is 37.0. The molecule has 0 bridgehead atoms. The first-order chi connectivity index (χ1) is 6.73. The number of hydrogen-bond donors (Lipinski definition) is 1. The van der Waals surface area contributed by atoms with Crippen LogP contribution in [0.3, 0.4) is 0 Å². The van der Waals surface area contributed by atoms with E-state index in [-0.39, 0.29) is 5.02 Å². The lowest BCUT2D eigenvalue weighted by Gasteiger charge is -2.11. The summed E-state index contributed by atoms with van der Waals surface area (Å²) >= 11 is 5.41. The summed E-state index contributed by atoms with van der Waals surface area (Å²) in [6.07, 6.45) is -4.74. The van der Waals surface area contributed by atoms with Gasteiger partial charge >= 0.3 is 6.18 Å². The zero-order chi connectivity index (χ0) is 11.8. The van der Waals surface area contributed by atoms with Crippen LogP contribution in [0.25, 0.3) is 0 Å². The zero-order valence-corrected chi connectivity index (χ0v) is 8.28. The van der Waals surface area contributed by atoms with E-state index in [2.05, 4.69) is 0 Å². The van der Waals surface area contributed by atoms with Gasteiger partial charge in [-0.15, -0.1) is 0 Å². The minimum atomic E-state index is -4.74. The number of Topliss-reactive ketones (excluding diaryl/α,β-unsaturated/α-hetero) is 1. The number of benzene rings is 1. The molecule has 82 valence electrons. The molecule has 0 radical (unpaired) electrons. The maximum atomic E-state index is 12.3. The van der Waals surface area contributed by atoms with Crippen molar-refractivity contribution in [2.24, 2.45) is 0 Å². The predicted molar refractivity (Wildman–Crippen MR) is 48.1 cm³/mol. The quantitative estimate of drug-likeness (QED) is 0.763. The van der Waals surface area contributed by atoms with E-state index in [4.69, 9.17) is 11.6 Å². The standard InChI is InChI=1S/C9H6ClF3O2/c1-4(14)6-2-5(10)3-7(8(6)15)9(11,12)13/h2-3,15H,1H3. The first-order valence-corrected chi connectivity index (χ1v) is 4.22. The van der Waals surface area contributed by atoms with Gasteiger partial charge in [-0.3, -0.25) is 4.79 Å². The fourth-order valence-corrected chi connectivity index (χ4v) is 1.30. The normalized spacial score (nSPS) is 11.5. The third-order valence-corrected chi connectivity index (χ3v) is 1.98. The van der Waals surface area contributed by atoms with E-state index in [1.54, 1.807) is 0 Å². The molecule has 1 rings (SSSR count). The Bertz CT molecular complexity index is 413. The molecular formula is C9H6ClF3O2. The number of rotatable bonds is 1. The fraction of sp³-hybridized carbons (Fsp3) is 0.222. The average molecular weight is 239 g/mol. The molecule has 0 fully saturated rings. The lowest BCUT2D eigenvalue weighted by molar-refractivity contribution is -0.138. The van der Waals surface area contributed by atoms with E-state index in [1.165, 1.54) is 0 Å². The summed E-state index contributed by atoms with van der Waals surface area (Å²) in [6.45, 7) is 1.05. The second-order valence-electron chi connectivity index (χ2n) is 2.90. The van der Waals surface area contributed by atoms with E-state index in [0.717, 1.165) is 13.0 Å². The van der Waals surface area contributed by atoms with Crippen LogP contribution in [0.1, 0.15) is 22.8 Å². The summed E-state index contributed by atoms with van der Waals surface area (Å²) in [6, 6.07) is 1.57. The van der Waals surface area contributed by atoms with Gasteiger partial charge in [-0.1, -0.05) is 11.6 Å². The molecule has 0 unspecified atom stereocenters. The molecule has 1 N–H and O–H groups in total. The topological polar surface area (TPSA) is 37.3 Å². The second-order valence-corrected chi connectivity index (χ2v) is 3.34. The number of carbonyl (C=O) groups is 1. The van der Waals surface area contributed by atoms with Crippen LogP contribution in [-0.4, -0.2) is 10.9 Å². The van der Waals surface area contributed by atoms with Crippen LogP contribution in [0.15, 0.2) is 12.1 Å².